The second-order valence-corrected chi connectivity index (χ2v) is 6.23. The lowest BCUT2D eigenvalue weighted by molar-refractivity contribution is -0.125. The van der Waals surface area contributed by atoms with Gasteiger partial charge in [0.05, 0.1) is 6.04 Å². The zero-order chi connectivity index (χ0) is 13.1. The van der Waals surface area contributed by atoms with E-state index in [9.17, 15) is 4.79 Å². The van der Waals surface area contributed by atoms with E-state index in [2.05, 4.69) is 29.4 Å². The first-order chi connectivity index (χ1) is 8.58. The molecular formula is C14H27N3O. The summed E-state index contributed by atoms with van der Waals surface area (Å²) >= 11 is 0. The van der Waals surface area contributed by atoms with E-state index in [1.807, 2.05) is 6.92 Å². The Balaban J connectivity index is 1.82. The lowest BCUT2D eigenvalue weighted by atomic mass is 9.94. The minimum atomic E-state index is 0.0103. The van der Waals surface area contributed by atoms with Crippen LogP contribution < -0.4 is 10.6 Å². The molecule has 3 unspecified atom stereocenters. The highest BCUT2D eigenvalue weighted by molar-refractivity contribution is 5.81. The lowest BCUT2D eigenvalue weighted by Crippen LogP contribution is -2.46. The molecule has 0 saturated carbocycles. The van der Waals surface area contributed by atoms with Crippen molar-refractivity contribution in [1.29, 1.82) is 0 Å². The van der Waals surface area contributed by atoms with Crippen LogP contribution in [0.3, 0.4) is 0 Å². The van der Waals surface area contributed by atoms with Gasteiger partial charge in [0.1, 0.15) is 0 Å². The van der Waals surface area contributed by atoms with E-state index in [4.69, 9.17) is 0 Å². The van der Waals surface area contributed by atoms with Crippen LogP contribution in [0.2, 0.25) is 0 Å². The highest BCUT2D eigenvalue weighted by Gasteiger charge is 2.37. The molecule has 2 aliphatic rings. The number of nitrogens with zero attached hydrogens (tertiary/aromatic N) is 1. The van der Waals surface area contributed by atoms with Crippen molar-refractivity contribution in [2.24, 2.45) is 11.8 Å². The van der Waals surface area contributed by atoms with E-state index in [0.717, 1.165) is 32.1 Å². The van der Waals surface area contributed by atoms with Crippen LogP contribution in [-0.2, 0) is 4.79 Å². The predicted octanol–water partition coefficient (Wildman–Crippen LogP) is 0.831. The average molecular weight is 253 g/mol. The first-order valence-corrected chi connectivity index (χ1v) is 7.33. The van der Waals surface area contributed by atoms with E-state index in [-0.39, 0.29) is 11.9 Å². The molecule has 0 aromatic heterocycles. The van der Waals surface area contributed by atoms with Gasteiger partial charge in [-0.2, -0.15) is 0 Å². The number of fused-ring (bicyclic) bond motifs is 1. The van der Waals surface area contributed by atoms with Crippen LogP contribution in [0.4, 0.5) is 0 Å². The summed E-state index contributed by atoms with van der Waals surface area (Å²) in [5, 5.41) is 6.62. The molecule has 0 aromatic carbocycles. The van der Waals surface area contributed by atoms with Gasteiger partial charge in [-0.25, -0.2) is 0 Å². The molecule has 2 heterocycles. The lowest BCUT2D eigenvalue weighted by Gasteiger charge is -2.25. The van der Waals surface area contributed by atoms with Crippen molar-refractivity contribution >= 4 is 5.91 Å². The fourth-order valence-electron chi connectivity index (χ4n) is 3.01. The van der Waals surface area contributed by atoms with Crippen LogP contribution >= 0.6 is 0 Å². The number of likely N-dealkylation sites (tertiary alicyclic amines) is 1. The Morgan fingerprint density at radius 3 is 2.83 bits per heavy atom. The van der Waals surface area contributed by atoms with Crippen LogP contribution in [0.25, 0.3) is 0 Å². The first-order valence-electron chi connectivity index (χ1n) is 7.33. The Labute approximate surface area is 110 Å². The van der Waals surface area contributed by atoms with Crippen molar-refractivity contribution in [3.8, 4) is 0 Å². The van der Waals surface area contributed by atoms with Crippen LogP contribution in [0.15, 0.2) is 0 Å². The van der Waals surface area contributed by atoms with Gasteiger partial charge in [0.15, 0.2) is 0 Å². The summed E-state index contributed by atoms with van der Waals surface area (Å²) in [5.74, 6) is 1.45. The molecule has 0 radical (unpaired) electrons. The molecule has 2 fully saturated rings. The molecule has 0 aliphatic carbocycles. The number of hydrogen-bond donors (Lipinski definition) is 2. The average Bonchev–Trinajstić information content (AvgIpc) is 2.78. The first kappa shape index (κ1) is 13.8. The van der Waals surface area contributed by atoms with Gasteiger partial charge >= 0.3 is 0 Å². The number of nitrogens with one attached hydrogen (secondary N) is 2. The van der Waals surface area contributed by atoms with Gasteiger partial charge in [-0.1, -0.05) is 13.8 Å². The SMILES string of the molecule is CC(C)CNC(=O)C(C)N1CC2CCCNC2C1. The van der Waals surface area contributed by atoms with Crippen molar-refractivity contribution in [2.45, 2.75) is 45.7 Å². The molecule has 1 amide bonds. The Morgan fingerprint density at radius 1 is 1.39 bits per heavy atom. The van der Waals surface area contributed by atoms with Gasteiger partial charge < -0.3 is 10.6 Å². The van der Waals surface area contributed by atoms with Crippen LogP contribution in [0.1, 0.15) is 33.6 Å². The van der Waals surface area contributed by atoms with Crippen LogP contribution in [-0.4, -0.2) is 49.1 Å². The van der Waals surface area contributed by atoms with Crippen molar-refractivity contribution < 1.29 is 4.79 Å². The molecule has 2 rings (SSSR count). The van der Waals surface area contributed by atoms with Crippen molar-refractivity contribution in [3.63, 3.8) is 0 Å². The van der Waals surface area contributed by atoms with Gasteiger partial charge in [-0.3, -0.25) is 9.69 Å². The molecule has 0 bridgehead atoms. The summed E-state index contributed by atoms with van der Waals surface area (Å²) in [6.45, 7) is 10.3. The molecule has 4 heteroatoms. The summed E-state index contributed by atoms with van der Waals surface area (Å²) < 4.78 is 0. The van der Waals surface area contributed by atoms with Gasteiger partial charge in [-0.15, -0.1) is 0 Å². The van der Waals surface area contributed by atoms with Gasteiger partial charge in [0, 0.05) is 25.7 Å². The monoisotopic (exact) mass is 253 g/mol. The summed E-state index contributed by atoms with van der Waals surface area (Å²) in [5.41, 5.74) is 0. The highest BCUT2D eigenvalue weighted by Crippen LogP contribution is 2.26. The second kappa shape index (κ2) is 6.02. The Hall–Kier alpha value is -0.610. The maximum Gasteiger partial charge on any atom is 0.237 e. The highest BCUT2D eigenvalue weighted by atomic mass is 16.2. The van der Waals surface area contributed by atoms with Crippen LogP contribution in [0.5, 0.6) is 0 Å². The maximum atomic E-state index is 12.1. The van der Waals surface area contributed by atoms with E-state index in [0.29, 0.717) is 12.0 Å². The molecule has 2 saturated heterocycles. The molecule has 3 atom stereocenters. The van der Waals surface area contributed by atoms with E-state index < -0.39 is 0 Å². The van der Waals surface area contributed by atoms with E-state index >= 15 is 0 Å². The Bertz CT molecular complexity index is 279. The third-order valence-corrected chi connectivity index (χ3v) is 4.24. The molecule has 0 spiro atoms. The van der Waals surface area contributed by atoms with Gasteiger partial charge in [-0.05, 0) is 38.1 Å². The predicted molar refractivity (Wildman–Crippen MR) is 73.4 cm³/mol. The number of carbonyl (C=O) groups excluding carboxylic acids is 1. The van der Waals surface area contributed by atoms with Gasteiger partial charge in [0.25, 0.3) is 0 Å². The third kappa shape index (κ3) is 3.23. The molecule has 4 nitrogen and oxygen atoms in total. The largest absolute Gasteiger partial charge is 0.354 e. The van der Waals surface area contributed by atoms with Crippen molar-refractivity contribution in [2.75, 3.05) is 26.2 Å². The Morgan fingerprint density at radius 2 is 2.17 bits per heavy atom. The number of rotatable bonds is 4. The molecule has 2 N–H and O–H groups in total. The molecule has 2 aliphatic heterocycles. The summed E-state index contributed by atoms with van der Waals surface area (Å²) in [6, 6.07) is 0.621. The van der Waals surface area contributed by atoms with Crippen molar-refractivity contribution in [3.05, 3.63) is 0 Å². The van der Waals surface area contributed by atoms with E-state index in [1.54, 1.807) is 0 Å². The smallest absolute Gasteiger partial charge is 0.237 e. The minimum absolute atomic E-state index is 0.0103. The zero-order valence-corrected chi connectivity index (χ0v) is 11.9. The fraction of sp³-hybridized carbons (Fsp3) is 0.929. The standard InChI is InChI=1S/C14H27N3O/c1-10(2)7-16-14(18)11(3)17-8-12-5-4-6-15-13(12)9-17/h10-13,15H,4-9H2,1-3H3,(H,16,18). The normalized spacial score (nSPS) is 30.2. The maximum absolute atomic E-state index is 12.1. The minimum Gasteiger partial charge on any atom is -0.354 e. The topological polar surface area (TPSA) is 44.4 Å². The summed E-state index contributed by atoms with van der Waals surface area (Å²) in [7, 11) is 0. The quantitative estimate of drug-likeness (QED) is 0.780. The van der Waals surface area contributed by atoms with Gasteiger partial charge in [0.2, 0.25) is 5.91 Å². The molecule has 104 valence electrons. The number of hydrogen-bond acceptors (Lipinski definition) is 3. The Kier molecular flexibility index (Phi) is 4.62. The third-order valence-electron chi connectivity index (χ3n) is 4.24. The molecule has 0 aromatic rings. The number of amides is 1. The molecular weight excluding hydrogens is 226 g/mol. The second-order valence-electron chi connectivity index (χ2n) is 6.23. The summed E-state index contributed by atoms with van der Waals surface area (Å²) in [6.07, 6.45) is 2.59. The summed E-state index contributed by atoms with van der Waals surface area (Å²) in [4.78, 5) is 14.4. The van der Waals surface area contributed by atoms with E-state index in [1.165, 1.54) is 12.8 Å². The fourth-order valence-corrected chi connectivity index (χ4v) is 3.01. The number of piperidine rings is 1. The molecule has 18 heavy (non-hydrogen) atoms. The van der Waals surface area contributed by atoms with Crippen molar-refractivity contribution in [1.82, 2.24) is 15.5 Å². The zero-order valence-electron chi connectivity index (χ0n) is 11.9. The van der Waals surface area contributed by atoms with Crippen LogP contribution in [0, 0.1) is 11.8 Å². The number of carbonyl (C=O) groups is 1.